The normalized spacial score (nSPS) is 11.1. The third kappa shape index (κ3) is 2.83. The average Bonchev–Trinajstić information content (AvgIpc) is 2.71. The number of nitrogens with one attached hydrogen (secondary N) is 1. The van der Waals surface area contributed by atoms with Gasteiger partial charge in [-0.05, 0) is 31.5 Å². The molecule has 0 bridgehead atoms. The van der Waals surface area contributed by atoms with E-state index in [4.69, 9.17) is 5.73 Å². The second-order valence-electron chi connectivity index (χ2n) is 4.15. The van der Waals surface area contributed by atoms with Crippen molar-refractivity contribution < 1.29 is 0 Å². The molecule has 0 spiro atoms. The minimum absolute atomic E-state index is 0.810. The third-order valence-corrected chi connectivity index (χ3v) is 2.81. The van der Waals surface area contributed by atoms with Gasteiger partial charge in [-0.2, -0.15) is 0 Å². The Bertz CT molecular complexity index is 400. The fourth-order valence-corrected chi connectivity index (χ4v) is 1.91. The Morgan fingerprint density at radius 2 is 1.88 bits per heavy atom. The van der Waals surface area contributed by atoms with E-state index in [2.05, 4.69) is 16.0 Å². The Hall–Kier alpha value is -1.35. The summed E-state index contributed by atoms with van der Waals surface area (Å²) in [7, 11) is 0. The summed E-state index contributed by atoms with van der Waals surface area (Å²) in [6, 6.07) is 8.17. The zero-order valence-corrected chi connectivity index (χ0v) is 9.58. The highest BCUT2D eigenvalue weighted by atomic mass is 14.9. The van der Waals surface area contributed by atoms with Crippen LogP contribution < -0.4 is 5.73 Å². The summed E-state index contributed by atoms with van der Waals surface area (Å²) in [5.74, 6) is 1.11. The Morgan fingerprint density at radius 1 is 1.06 bits per heavy atom. The molecule has 3 nitrogen and oxygen atoms in total. The lowest BCUT2D eigenvalue weighted by molar-refractivity contribution is 0.638. The molecule has 1 heterocycles. The maximum atomic E-state index is 5.45. The maximum Gasteiger partial charge on any atom is 0.107 e. The number of aryl methyl sites for hydroxylation is 1. The van der Waals surface area contributed by atoms with Crippen LogP contribution in [0.15, 0.2) is 24.3 Å². The lowest BCUT2D eigenvalue weighted by Gasteiger charge is -1.97. The molecule has 0 amide bonds. The molecule has 0 radical (unpaired) electrons. The van der Waals surface area contributed by atoms with E-state index in [9.17, 15) is 0 Å². The maximum absolute atomic E-state index is 5.45. The number of benzene rings is 1. The summed E-state index contributed by atoms with van der Waals surface area (Å²) in [5.41, 5.74) is 7.66. The number of imidazole rings is 1. The van der Waals surface area contributed by atoms with Gasteiger partial charge in [0.15, 0.2) is 0 Å². The SMILES string of the molecule is NCCCCCCc1nc2ccccc2[nH]1. The van der Waals surface area contributed by atoms with E-state index in [-0.39, 0.29) is 0 Å². The number of hydrogen-bond acceptors (Lipinski definition) is 2. The fourth-order valence-electron chi connectivity index (χ4n) is 1.91. The molecule has 0 unspecified atom stereocenters. The predicted octanol–water partition coefficient (Wildman–Crippen LogP) is 2.62. The third-order valence-electron chi connectivity index (χ3n) is 2.81. The quantitative estimate of drug-likeness (QED) is 0.731. The second kappa shape index (κ2) is 5.66. The Morgan fingerprint density at radius 3 is 2.69 bits per heavy atom. The number of H-pyrrole nitrogens is 1. The van der Waals surface area contributed by atoms with Crippen molar-refractivity contribution in [3.8, 4) is 0 Å². The molecule has 0 saturated carbocycles. The lowest BCUT2D eigenvalue weighted by Crippen LogP contribution is -1.98. The summed E-state index contributed by atoms with van der Waals surface area (Å²) in [6.07, 6.45) is 5.85. The minimum Gasteiger partial charge on any atom is -0.342 e. The number of para-hydroxylation sites is 2. The zero-order valence-electron chi connectivity index (χ0n) is 9.58. The van der Waals surface area contributed by atoms with Crippen LogP contribution in [-0.2, 0) is 6.42 Å². The molecule has 0 aliphatic heterocycles. The average molecular weight is 217 g/mol. The summed E-state index contributed by atoms with van der Waals surface area (Å²) in [6.45, 7) is 0.810. The summed E-state index contributed by atoms with van der Waals surface area (Å²) in [5, 5.41) is 0. The highest BCUT2D eigenvalue weighted by Crippen LogP contribution is 2.12. The van der Waals surface area contributed by atoms with Gasteiger partial charge in [-0.25, -0.2) is 4.98 Å². The van der Waals surface area contributed by atoms with Crippen LogP contribution in [0.5, 0.6) is 0 Å². The van der Waals surface area contributed by atoms with Crippen molar-refractivity contribution in [2.24, 2.45) is 5.73 Å². The molecular formula is C13H19N3. The van der Waals surface area contributed by atoms with Crippen LogP contribution in [0.1, 0.15) is 31.5 Å². The van der Waals surface area contributed by atoms with Crippen molar-refractivity contribution >= 4 is 11.0 Å². The van der Waals surface area contributed by atoms with Crippen molar-refractivity contribution in [1.29, 1.82) is 0 Å². The van der Waals surface area contributed by atoms with Gasteiger partial charge in [0.25, 0.3) is 0 Å². The zero-order chi connectivity index (χ0) is 11.2. The lowest BCUT2D eigenvalue weighted by atomic mass is 10.1. The van der Waals surface area contributed by atoms with E-state index in [1.165, 1.54) is 19.3 Å². The number of rotatable bonds is 6. The topological polar surface area (TPSA) is 54.7 Å². The van der Waals surface area contributed by atoms with Gasteiger partial charge >= 0.3 is 0 Å². The van der Waals surface area contributed by atoms with Crippen LogP contribution in [-0.4, -0.2) is 16.5 Å². The van der Waals surface area contributed by atoms with Crippen molar-refractivity contribution in [2.45, 2.75) is 32.1 Å². The van der Waals surface area contributed by atoms with Crippen molar-refractivity contribution in [2.75, 3.05) is 6.54 Å². The van der Waals surface area contributed by atoms with E-state index in [0.29, 0.717) is 0 Å². The number of aromatic amines is 1. The van der Waals surface area contributed by atoms with Gasteiger partial charge in [0.1, 0.15) is 5.82 Å². The van der Waals surface area contributed by atoms with Crippen LogP contribution in [0.4, 0.5) is 0 Å². The number of hydrogen-bond donors (Lipinski definition) is 2. The molecule has 2 aromatic rings. The molecule has 2 rings (SSSR count). The van der Waals surface area contributed by atoms with Gasteiger partial charge in [0.05, 0.1) is 11.0 Å². The standard InChI is InChI=1S/C13H19N3/c14-10-6-2-1-3-9-13-15-11-7-4-5-8-12(11)16-13/h4-5,7-8H,1-3,6,9-10,14H2,(H,15,16). The van der Waals surface area contributed by atoms with Gasteiger partial charge in [-0.15, -0.1) is 0 Å². The largest absolute Gasteiger partial charge is 0.342 e. The molecule has 0 atom stereocenters. The number of fused-ring (bicyclic) bond motifs is 1. The molecule has 86 valence electrons. The highest BCUT2D eigenvalue weighted by Gasteiger charge is 2.00. The first-order chi connectivity index (χ1) is 7.90. The van der Waals surface area contributed by atoms with E-state index in [1.807, 2.05) is 18.2 Å². The van der Waals surface area contributed by atoms with Crippen LogP contribution in [0.3, 0.4) is 0 Å². The first-order valence-electron chi connectivity index (χ1n) is 6.04. The fraction of sp³-hybridized carbons (Fsp3) is 0.462. The Labute approximate surface area is 96.1 Å². The van der Waals surface area contributed by atoms with Crippen molar-refractivity contribution in [1.82, 2.24) is 9.97 Å². The summed E-state index contributed by atoms with van der Waals surface area (Å²) >= 11 is 0. The first-order valence-corrected chi connectivity index (χ1v) is 6.04. The van der Waals surface area contributed by atoms with E-state index in [1.54, 1.807) is 0 Å². The van der Waals surface area contributed by atoms with E-state index in [0.717, 1.165) is 36.2 Å². The Balaban J connectivity index is 1.85. The summed E-state index contributed by atoms with van der Waals surface area (Å²) in [4.78, 5) is 7.90. The first kappa shape index (κ1) is 11.1. The smallest absolute Gasteiger partial charge is 0.107 e. The van der Waals surface area contributed by atoms with Gasteiger partial charge in [0, 0.05) is 6.42 Å². The molecule has 3 N–H and O–H groups in total. The van der Waals surface area contributed by atoms with E-state index >= 15 is 0 Å². The molecule has 0 saturated heterocycles. The second-order valence-corrected chi connectivity index (χ2v) is 4.15. The molecule has 3 heteroatoms. The molecule has 0 aliphatic carbocycles. The van der Waals surface area contributed by atoms with Gasteiger partial charge in [-0.1, -0.05) is 25.0 Å². The van der Waals surface area contributed by atoms with Crippen molar-refractivity contribution in [3.63, 3.8) is 0 Å². The highest BCUT2D eigenvalue weighted by molar-refractivity contribution is 5.74. The minimum atomic E-state index is 0.810. The number of aromatic nitrogens is 2. The number of nitrogens with two attached hydrogens (primary N) is 1. The van der Waals surface area contributed by atoms with Gasteiger partial charge in [-0.3, -0.25) is 0 Å². The molecule has 0 fully saturated rings. The molecule has 1 aromatic carbocycles. The number of unbranched alkanes of at least 4 members (excludes halogenated alkanes) is 3. The summed E-state index contributed by atoms with van der Waals surface area (Å²) < 4.78 is 0. The van der Waals surface area contributed by atoms with Crippen LogP contribution >= 0.6 is 0 Å². The predicted molar refractivity (Wildman–Crippen MR) is 67.3 cm³/mol. The molecular weight excluding hydrogens is 198 g/mol. The van der Waals surface area contributed by atoms with Crippen LogP contribution in [0.2, 0.25) is 0 Å². The Kier molecular flexibility index (Phi) is 3.94. The van der Waals surface area contributed by atoms with Gasteiger partial charge in [0.2, 0.25) is 0 Å². The monoisotopic (exact) mass is 217 g/mol. The van der Waals surface area contributed by atoms with Crippen molar-refractivity contribution in [3.05, 3.63) is 30.1 Å². The molecule has 0 aliphatic rings. The van der Waals surface area contributed by atoms with E-state index < -0.39 is 0 Å². The molecule has 1 aromatic heterocycles. The molecule has 16 heavy (non-hydrogen) atoms. The van der Waals surface area contributed by atoms with Gasteiger partial charge < -0.3 is 10.7 Å². The number of nitrogens with zero attached hydrogens (tertiary/aromatic N) is 1. The van der Waals surface area contributed by atoms with Crippen LogP contribution in [0.25, 0.3) is 11.0 Å². The van der Waals surface area contributed by atoms with Crippen LogP contribution in [0, 0.1) is 0 Å².